The number of carboxylic acid groups (broad SMARTS) is 1. The van der Waals surface area contributed by atoms with Crippen LogP contribution in [-0.4, -0.2) is 60.3 Å². The molecule has 0 fully saturated rings. The van der Waals surface area contributed by atoms with Crippen molar-refractivity contribution >= 4 is 23.3 Å². The normalized spacial score (nSPS) is 17.4. The zero-order chi connectivity index (χ0) is 15.4. The van der Waals surface area contributed by atoms with Gasteiger partial charge >= 0.3 is 12.0 Å². The summed E-state index contributed by atoms with van der Waals surface area (Å²) in [7, 11) is 1.58. The molecule has 1 aromatic heterocycles. The van der Waals surface area contributed by atoms with Crippen LogP contribution < -0.4 is 0 Å². The first kappa shape index (κ1) is 15.8. The van der Waals surface area contributed by atoms with Crippen molar-refractivity contribution in [2.24, 2.45) is 0 Å². The van der Waals surface area contributed by atoms with Crippen LogP contribution in [0.1, 0.15) is 23.4 Å². The molecule has 0 aliphatic carbocycles. The topological polar surface area (TPSA) is 70.1 Å². The van der Waals surface area contributed by atoms with Crippen LogP contribution in [0.3, 0.4) is 0 Å². The van der Waals surface area contributed by atoms with E-state index in [9.17, 15) is 14.7 Å². The van der Waals surface area contributed by atoms with Crippen molar-refractivity contribution in [3.8, 4) is 0 Å². The summed E-state index contributed by atoms with van der Waals surface area (Å²) >= 11 is 1.55. The van der Waals surface area contributed by atoms with Crippen LogP contribution in [0.2, 0.25) is 0 Å². The van der Waals surface area contributed by atoms with Crippen molar-refractivity contribution in [1.82, 2.24) is 9.80 Å². The largest absolute Gasteiger partial charge is 0.479 e. The number of fused-ring (bicyclic) bond motifs is 1. The standard InChI is InChI=1S/C14H20N2O4S/c1-3-15(7-8-20-2)14(19)16-6-4-11-10(5-9-21-11)12(16)13(17)18/h5,9,12H,3-4,6-8H2,1-2H3,(H,17,18). The van der Waals surface area contributed by atoms with E-state index in [0.29, 0.717) is 32.7 Å². The second kappa shape index (κ2) is 6.91. The van der Waals surface area contributed by atoms with Gasteiger partial charge in [0.05, 0.1) is 6.61 Å². The van der Waals surface area contributed by atoms with E-state index < -0.39 is 12.0 Å². The maximum Gasteiger partial charge on any atom is 0.331 e. The molecule has 2 heterocycles. The van der Waals surface area contributed by atoms with Gasteiger partial charge in [-0.2, -0.15) is 0 Å². The average molecular weight is 312 g/mol. The third-order valence-electron chi connectivity index (χ3n) is 3.66. The van der Waals surface area contributed by atoms with Crippen molar-refractivity contribution in [2.45, 2.75) is 19.4 Å². The Bertz CT molecular complexity index is 517. The van der Waals surface area contributed by atoms with Crippen molar-refractivity contribution in [2.75, 3.05) is 33.4 Å². The van der Waals surface area contributed by atoms with Gasteiger partial charge in [0.25, 0.3) is 0 Å². The molecule has 2 rings (SSSR count). The Morgan fingerprint density at radius 3 is 2.95 bits per heavy atom. The highest BCUT2D eigenvalue weighted by atomic mass is 32.1. The van der Waals surface area contributed by atoms with Crippen molar-refractivity contribution in [3.05, 3.63) is 21.9 Å². The zero-order valence-corrected chi connectivity index (χ0v) is 13.1. The maximum atomic E-state index is 12.6. The zero-order valence-electron chi connectivity index (χ0n) is 12.2. The molecule has 1 aliphatic heterocycles. The van der Waals surface area contributed by atoms with Crippen molar-refractivity contribution < 1.29 is 19.4 Å². The van der Waals surface area contributed by atoms with E-state index in [1.807, 2.05) is 18.4 Å². The highest BCUT2D eigenvalue weighted by Gasteiger charge is 2.38. The van der Waals surface area contributed by atoms with E-state index in [-0.39, 0.29) is 6.03 Å². The molecule has 1 aliphatic rings. The number of thiophene rings is 1. The van der Waals surface area contributed by atoms with Crippen LogP contribution in [0.25, 0.3) is 0 Å². The highest BCUT2D eigenvalue weighted by Crippen LogP contribution is 2.34. The Labute approximate surface area is 127 Å². The van der Waals surface area contributed by atoms with Gasteiger partial charge in [-0.3, -0.25) is 0 Å². The smallest absolute Gasteiger partial charge is 0.331 e. The molecule has 1 unspecified atom stereocenters. The number of likely N-dealkylation sites (N-methyl/N-ethyl adjacent to an activating group) is 1. The number of rotatable bonds is 5. The van der Waals surface area contributed by atoms with Crippen molar-refractivity contribution in [3.63, 3.8) is 0 Å². The number of hydrogen-bond donors (Lipinski definition) is 1. The fraction of sp³-hybridized carbons (Fsp3) is 0.571. The Hall–Kier alpha value is -1.60. The van der Waals surface area contributed by atoms with Crippen LogP contribution in [-0.2, 0) is 16.0 Å². The number of carboxylic acids is 1. The van der Waals surface area contributed by atoms with Gasteiger partial charge in [-0.25, -0.2) is 9.59 Å². The van der Waals surface area contributed by atoms with Crippen LogP contribution in [0.5, 0.6) is 0 Å². The number of urea groups is 1. The Morgan fingerprint density at radius 2 is 2.33 bits per heavy atom. The number of nitrogens with zero attached hydrogens (tertiary/aromatic N) is 2. The number of amides is 2. The monoisotopic (exact) mass is 312 g/mol. The minimum absolute atomic E-state index is 0.237. The Balaban J connectivity index is 2.22. The van der Waals surface area contributed by atoms with E-state index in [0.717, 1.165) is 10.4 Å². The van der Waals surface area contributed by atoms with Gasteiger partial charge in [0.15, 0.2) is 6.04 Å². The lowest BCUT2D eigenvalue weighted by atomic mass is 10.0. The molecule has 1 N–H and O–H groups in total. The maximum absolute atomic E-state index is 12.6. The fourth-order valence-corrected chi connectivity index (χ4v) is 3.46. The number of carbonyl (C=O) groups excluding carboxylic acids is 1. The SMILES string of the molecule is CCN(CCOC)C(=O)N1CCc2sccc2C1C(=O)O. The van der Waals surface area contributed by atoms with Gasteiger partial charge in [0.1, 0.15) is 0 Å². The quantitative estimate of drug-likeness (QED) is 0.900. The predicted molar refractivity (Wildman–Crippen MR) is 79.6 cm³/mol. The van der Waals surface area contributed by atoms with E-state index >= 15 is 0 Å². The lowest BCUT2D eigenvalue weighted by molar-refractivity contribution is -0.143. The fourth-order valence-electron chi connectivity index (χ4n) is 2.56. The number of hydrogen-bond acceptors (Lipinski definition) is 4. The molecule has 0 saturated carbocycles. The molecule has 21 heavy (non-hydrogen) atoms. The Morgan fingerprint density at radius 1 is 1.57 bits per heavy atom. The summed E-state index contributed by atoms with van der Waals surface area (Å²) < 4.78 is 5.00. The van der Waals surface area contributed by atoms with Crippen LogP contribution in [0.4, 0.5) is 4.79 Å². The van der Waals surface area contributed by atoms with Gasteiger partial charge in [0.2, 0.25) is 0 Å². The second-order valence-corrected chi connectivity index (χ2v) is 5.84. The first-order valence-corrected chi connectivity index (χ1v) is 7.81. The first-order valence-electron chi connectivity index (χ1n) is 6.93. The van der Waals surface area contributed by atoms with E-state index in [1.54, 1.807) is 23.3 Å². The summed E-state index contributed by atoms with van der Waals surface area (Å²) in [5, 5.41) is 11.4. The lowest BCUT2D eigenvalue weighted by Crippen LogP contribution is -2.50. The summed E-state index contributed by atoms with van der Waals surface area (Å²) in [6.45, 7) is 3.75. The summed E-state index contributed by atoms with van der Waals surface area (Å²) in [6, 6.07) is 0.687. The molecule has 6 nitrogen and oxygen atoms in total. The molecule has 2 amide bonds. The third-order valence-corrected chi connectivity index (χ3v) is 4.66. The summed E-state index contributed by atoms with van der Waals surface area (Å²) in [5.74, 6) is -0.981. The molecule has 0 aromatic carbocycles. The highest BCUT2D eigenvalue weighted by molar-refractivity contribution is 7.10. The predicted octanol–water partition coefficient (Wildman–Crippen LogP) is 1.82. The molecular formula is C14H20N2O4S. The molecular weight excluding hydrogens is 292 g/mol. The molecule has 0 saturated heterocycles. The molecule has 0 bridgehead atoms. The van der Waals surface area contributed by atoms with E-state index in [1.165, 1.54) is 4.90 Å². The van der Waals surface area contributed by atoms with Gasteiger partial charge in [-0.15, -0.1) is 11.3 Å². The average Bonchev–Trinajstić information content (AvgIpc) is 2.94. The molecule has 0 spiro atoms. The summed E-state index contributed by atoms with van der Waals surface area (Å²) in [5.41, 5.74) is 0.745. The number of methoxy groups -OCH3 is 1. The number of ether oxygens (including phenoxy) is 1. The van der Waals surface area contributed by atoms with Gasteiger partial charge in [0, 0.05) is 31.6 Å². The van der Waals surface area contributed by atoms with Crippen LogP contribution >= 0.6 is 11.3 Å². The third kappa shape index (κ3) is 3.19. The number of aliphatic carboxylic acids is 1. The molecule has 116 valence electrons. The van der Waals surface area contributed by atoms with Crippen molar-refractivity contribution in [1.29, 1.82) is 0 Å². The summed E-state index contributed by atoms with van der Waals surface area (Å²) in [4.78, 5) is 28.4. The van der Waals surface area contributed by atoms with Crippen LogP contribution in [0.15, 0.2) is 11.4 Å². The second-order valence-electron chi connectivity index (χ2n) is 4.84. The van der Waals surface area contributed by atoms with Gasteiger partial charge < -0.3 is 19.6 Å². The number of carbonyl (C=O) groups is 2. The molecule has 1 aromatic rings. The molecule has 7 heteroatoms. The van der Waals surface area contributed by atoms with Gasteiger partial charge in [-0.1, -0.05) is 0 Å². The first-order chi connectivity index (χ1) is 10.1. The molecule has 1 atom stereocenters. The Kier molecular flexibility index (Phi) is 5.19. The van der Waals surface area contributed by atoms with E-state index in [2.05, 4.69) is 0 Å². The van der Waals surface area contributed by atoms with Gasteiger partial charge in [-0.05, 0) is 30.4 Å². The van der Waals surface area contributed by atoms with E-state index in [4.69, 9.17) is 4.74 Å². The lowest BCUT2D eigenvalue weighted by Gasteiger charge is -2.36. The molecule has 0 radical (unpaired) electrons. The minimum Gasteiger partial charge on any atom is -0.479 e. The minimum atomic E-state index is -0.981. The van der Waals surface area contributed by atoms with Crippen LogP contribution in [0, 0.1) is 0 Å². The summed E-state index contributed by atoms with van der Waals surface area (Å²) in [6.07, 6.45) is 0.713.